The number of hydrogen-bond acceptors (Lipinski definition) is 3. The molecule has 2 N–H and O–H groups in total. The molecular weight excluding hydrogens is 304 g/mol. The van der Waals surface area contributed by atoms with E-state index in [-0.39, 0.29) is 6.04 Å². The lowest BCUT2D eigenvalue weighted by molar-refractivity contribution is 0.497. The van der Waals surface area contributed by atoms with Gasteiger partial charge < -0.3 is 10.3 Å². The number of hydrogen-bond donors (Lipinski definition) is 1. The maximum Gasteiger partial charge on any atom is 0.101 e. The second-order valence-corrected chi connectivity index (χ2v) is 5.65. The molecule has 2 rings (SSSR count). The summed E-state index contributed by atoms with van der Waals surface area (Å²) in [6, 6.07) is 7.61. The minimum Gasteiger partial charge on any atom is -0.322 e. The first-order valence-corrected chi connectivity index (χ1v) is 6.81. The van der Waals surface area contributed by atoms with E-state index in [4.69, 9.17) is 5.73 Å². The van der Waals surface area contributed by atoms with E-state index in [0.717, 1.165) is 15.9 Å². The molecule has 0 bridgehead atoms. The number of imidazole rings is 1. The summed E-state index contributed by atoms with van der Waals surface area (Å²) in [5, 5.41) is 9.22. The zero-order valence-electron chi connectivity index (χ0n) is 10.8. The van der Waals surface area contributed by atoms with Gasteiger partial charge in [0.15, 0.2) is 0 Å². The van der Waals surface area contributed by atoms with Gasteiger partial charge in [0.2, 0.25) is 0 Å². The number of nitriles is 1. The summed E-state index contributed by atoms with van der Waals surface area (Å²) in [7, 11) is 0. The molecular formula is C14H15BrN4. The number of nitrogens with zero attached hydrogens (tertiary/aromatic N) is 3. The Morgan fingerprint density at radius 3 is 2.79 bits per heavy atom. The Labute approximate surface area is 121 Å². The van der Waals surface area contributed by atoms with E-state index in [9.17, 15) is 5.26 Å². The van der Waals surface area contributed by atoms with Gasteiger partial charge in [-0.2, -0.15) is 5.26 Å². The van der Waals surface area contributed by atoms with Crippen LogP contribution in [0.5, 0.6) is 0 Å². The fourth-order valence-electron chi connectivity index (χ4n) is 1.89. The summed E-state index contributed by atoms with van der Waals surface area (Å²) in [6.45, 7) is 4.13. The predicted molar refractivity (Wildman–Crippen MR) is 77.7 cm³/mol. The van der Waals surface area contributed by atoms with Crippen LogP contribution in [-0.2, 0) is 0 Å². The highest BCUT2D eigenvalue weighted by atomic mass is 79.9. The van der Waals surface area contributed by atoms with Gasteiger partial charge in [0.05, 0.1) is 29.5 Å². The molecule has 0 aliphatic heterocycles. The zero-order chi connectivity index (χ0) is 14.0. The van der Waals surface area contributed by atoms with Crippen molar-refractivity contribution < 1.29 is 0 Å². The van der Waals surface area contributed by atoms with Crippen LogP contribution in [0.3, 0.4) is 0 Å². The van der Waals surface area contributed by atoms with Crippen molar-refractivity contribution in [3.8, 4) is 11.8 Å². The Morgan fingerprint density at radius 2 is 2.16 bits per heavy atom. The molecule has 1 aromatic heterocycles. The molecule has 19 heavy (non-hydrogen) atoms. The molecule has 1 heterocycles. The van der Waals surface area contributed by atoms with Crippen molar-refractivity contribution in [2.75, 3.05) is 0 Å². The van der Waals surface area contributed by atoms with Gasteiger partial charge in [-0.15, -0.1) is 0 Å². The third kappa shape index (κ3) is 2.70. The molecule has 0 fully saturated rings. The molecule has 0 saturated carbocycles. The van der Waals surface area contributed by atoms with Crippen LogP contribution in [0, 0.1) is 17.2 Å². The summed E-state index contributed by atoms with van der Waals surface area (Å²) in [6.07, 6.45) is 3.45. The molecule has 0 saturated heterocycles. The summed E-state index contributed by atoms with van der Waals surface area (Å²) in [4.78, 5) is 4.17. The molecule has 0 aliphatic rings. The summed E-state index contributed by atoms with van der Waals surface area (Å²) >= 11 is 3.43. The predicted octanol–water partition coefficient (Wildman–Crippen LogP) is 3.16. The molecule has 0 aliphatic carbocycles. The van der Waals surface area contributed by atoms with Crippen LogP contribution in [0.25, 0.3) is 5.69 Å². The van der Waals surface area contributed by atoms with Crippen molar-refractivity contribution in [3.63, 3.8) is 0 Å². The molecule has 0 radical (unpaired) electrons. The molecule has 0 spiro atoms. The van der Waals surface area contributed by atoms with E-state index in [0.29, 0.717) is 11.5 Å². The molecule has 1 atom stereocenters. The van der Waals surface area contributed by atoms with Crippen LogP contribution in [0.1, 0.15) is 31.1 Å². The molecule has 4 nitrogen and oxygen atoms in total. The average Bonchev–Trinajstić information content (AvgIpc) is 2.86. The molecule has 1 unspecified atom stereocenters. The van der Waals surface area contributed by atoms with Gasteiger partial charge in [-0.25, -0.2) is 4.98 Å². The number of benzene rings is 1. The van der Waals surface area contributed by atoms with Gasteiger partial charge in [-0.1, -0.05) is 29.8 Å². The van der Waals surface area contributed by atoms with Gasteiger partial charge in [0.25, 0.3) is 0 Å². The summed E-state index contributed by atoms with van der Waals surface area (Å²) in [5.41, 5.74) is 8.49. The normalized spacial score (nSPS) is 12.4. The molecule has 2 aromatic rings. The average molecular weight is 319 g/mol. The van der Waals surface area contributed by atoms with Gasteiger partial charge in [-0.3, -0.25) is 0 Å². The first kappa shape index (κ1) is 13.8. The third-order valence-corrected chi connectivity index (χ3v) is 3.56. The van der Waals surface area contributed by atoms with E-state index < -0.39 is 0 Å². The first-order valence-electron chi connectivity index (χ1n) is 6.02. The maximum atomic E-state index is 9.22. The Kier molecular flexibility index (Phi) is 4.03. The van der Waals surface area contributed by atoms with Crippen molar-refractivity contribution >= 4 is 15.9 Å². The fourth-order valence-corrected chi connectivity index (χ4v) is 2.24. The Morgan fingerprint density at radius 1 is 1.42 bits per heavy atom. The van der Waals surface area contributed by atoms with Crippen LogP contribution in [0.2, 0.25) is 0 Å². The highest BCUT2D eigenvalue weighted by Gasteiger charge is 2.17. The SMILES string of the molecule is CC(C)C(N)c1cncn1-c1cc(Br)ccc1C#N. The lowest BCUT2D eigenvalue weighted by Gasteiger charge is -2.18. The Bertz CT molecular complexity index is 625. The van der Waals surface area contributed by atoms with E-state index in [2.05, 4.69) is 40.8 Å². The first-order chi connectivity index (χ1) is 9.04. The zero-order valence-corrected chi connectivity index (χ0v) is 12.4. The monoisotopic (exact) mass is 318 g/mol. The molecule has 0 amide bonds. The van der Waals surface area contributed by atoms with Crippen LogP contribution >= 0.6 is 15.9 Å². The van der Waals surface area contributed by atoms with Crippen molar-refractivity contribution in [2.24, 2.45) is 11.7 Å². The second kappa shape index (κ2) is 5.55. The highest BCUT2D eigenvalue weighted by molar-refractivity contribution is 9.10. The molecule has 98 valence electrons. The van der Waals surface area contributed by atoms with Crippen molar-refractivity contribution in [2.45, 2.75) is 19.9 Å². The quantitative estimate of drug-likeness (QED) is 0.945. The fraction of sp³-hybridized carbons (Fsp3) is 0.286. The van der Waals surface area contributed by atoms with Crippen molar-refractivity contribution in [1.82, 2.24) is 9.55 Å². The minimum absolute atomic E-state index is 0.118. The molecule has 1 aromatic carbocycles. The van der Waals surface area contributed by atoms with Gasteiger partial charge in [-0.05, 0) is 24.1 Å². The smallest absolute Gasteiger partial charge is 0.101 e. The lowest BCUT2D eigenvalue weighted by Crippen LogP contribution is -2.20. The molecule has 5 heteroatoms. The van der Waals surface area contributed by atoms with Crippen molar-refractivity contribution in [3.05, 3.63) is 46.5 Å². The van der Waals surface area contributed by atoms with Crippen LogP contribution in [-0.4, -0.2) is 9.55 Å². The van der Waals surface area contributed by atoms with Crippen LogP contribution in [0.4, 0.5) is 0 Å². The largest absolute Gasteiger partial charge is 0.322 e. The number of aromatic nitrogens is 2. The van der Waals surface area contributed by atoms with Gasteiger partial charge >= 0.3 is 0 Å². The number of nitrogens with two attached hydrogens (primary N) is 1. The highest BCUT2D eigenvalue weighted by Crippen LogP contribution is 2.25. The van der Waals surface area contributed by atoms with Gasteiger partial charge in [0.1, 0.15) is 6.07 Å². The van der Waals surface area contributed by atoms with E-state index in [1.54, 1.807) is 18.6 Å². The lowest BCUT2D eigenvalue weighted by atomic mass is 10.0. The topological polar surface area (TPSA) is 67.6 Å². The van der Waals surface area contributed by atoms with Crippen LogP contribution < -0.4 is 5.73 Å². The second-order valence-electron chi connectivity index (χ2n) is 4.73. The van der Waals surface area contributed by atoms with Crippen molar-refractivity contribution in [1.29, 1.82) is 5.26 Å². The Hall–Kier alpha value is -1.64. The van der Waals surface area contributed by atoms with E-state index >= 15 is 0 Å². The van der Waals surface area contributed by atoms with Gasteiger partial charge in [0, 0.05) is 10.5 Å². The minimum atomic E-state index is -0.118. The summed E-state index contributed by atoms with van der Waals surface area (Å²) in [5.74, 6) is 0.299. The van der Waals surface area contributed by atoms with Crippen LogP contribution in [0.15, 0.2) is 35.2 Å². The standard InChI is InChI=1S/C14H15BrN4/c1-9(2)14(17)13-7-18-8-19(13)12-5-11(15)4-3-10(12)6-16/h3-5,7-9,14H,17H2,1-2H3. The summed E-state index contributed by atoms with van der Waals surface area (Å²) < 4.78 is 2.80. The number of rotatable bonds is 3. The maximum absolute atomic E-state index is 9.22. The number of halogens is 1. The Balaban J connectivity index is 2.58. The third-order valence-electron chi connectivity index (χ3n) is 3.07. The van der Waals surface area contributed by atoms with E-state index in [1.165, 1.54) is 0 Å². The van der Waals surface area contributed by atoms with E-state index in [1.807, 2.05) is 16.7 Å².